The van der Waals surface area contributed by atoms with Gasteiger partial charge in [0.15, 0.2) is 0 Å². The van der Waals surface area contributed by atoms with Crippen LogP contribution < -0.4 is 5.32 Å². The minimum absolute atomic E-state index is 0.0848. The first kappa shape index (κ1) is 19.6. The number of anilines is 1. The summed E-state index contributed by atoms with van der Waals surface area (Å²) in [6, 6.07) is 10.0. The Bertz CT molecular complexity index is 921. The van der Waals surface area contributed by atoms with Gasteiger partial charge in [0.1, 0.15) is 5.84 Å². The van der Waals surface area contributed by atoms with Crippen molar-refractivity contribution >= 4 is 38.8 Å². The van der Waals surface area contributed by atoms with E-state index in [-0.39, 0.29) is 17.2 Å². The molecule has 8 heteroatoms. The van der Waals surface area contributed by atoms with Crippen molar-refractivity contribution in [2.45, 2.75) is 37.0 Å². The number of benzene rings is 1. The molecule has 144 valence electrons. The Morgan fingerprint density at radius 2 is 2.07 bits per heavy atom. The van der Waals surface area contributed by atoms with E-state index in [4.69, 9.17) is 0 Å². The summed E-state index contributed by atoms with van der Waals surface area (Å²) in [5, 5.41) is 4.68. The zero-order valence-electron chi connectivity index (χ0n) is 15.2. The molecular weight excluding hydrogens is 382 g/mol. The van der Waals surface area contributed by atoms with Crippen LogP contribution in [0.1, 0.15) is 30.6 Å². The summed E-state index contributed by atoms with van der Waals surface area (Å²) in [6.45, 7) is 0.813. The quantitative estimate of drug-likeness (QED) is 0.825. The average Bonchev–Trinajstić information content (AvgIpc) is 3.05. The van der Waals surface area contributed by atoms with E-state index in [1.807, 2.05) is 29.5 Å². The molecule has 1 aromatic heterocycles. The predicted octanol–water partition coefficient (Wildman–Crippen LogP) is 3.52. The highest BCUT2D eigenvalue weighted by Crippen LogP contribution is 2.20. The molecule has 1 amide bonds. The molecule has 2 aromatic rings. The molecule has 3 rings (SSSR count). The molecular formula is C19H23N3O3S2. The van der Waals surface area contributed by atoms with Gasteiger partial charge in [0, 0.05) is 30.6 Å². The van der Waals surface area contributed by atoms with E-state index in [1.54, 1.807) is 12.1 Å². The van der Waals surface area contributed by atoms with Crippen molar-refractivity contribution in [1.29, 1.82) is 0 Å². The number of hydrogen-bond donors (Lipinski definition) is 1. The summed E-state index contributed by atoms with van der Waals surface area (Å²) in [7, 11) is -1.94. The third-order valence-corrected chi connectivity index (χ3v) is 6.57. The number of likely N-dealkylation sites (tertiary alicyclic amines) is 1. The molecule has 0 spiro atoms. The van der Waals surface area contributed by atoms with Crippen molar-refractivity contribution in [3.05, 3.63) is 46.7 Å². The molecule has 0 bridgehead atoms. The molecule has 1 aliphatic rings. The number of sulfonamides is 1. The number of carbonyl (C=O) groups excluding carboxylic acids is 1. The maximum atomic E-state index is 12.7. The van der Waals surface area contributed by atoms with Gasteiger partial charge in [0.2, 0.25) is 5.91 Å². The van der Waals surface area contributed by atoms with Crippen LogP contribution in [0, 0.1) is 0 Å². The van der Waals surface area contributed by atoms with Crippen molar-refractivity contribution in [3.63, 3.8) is 0 Å². The molecule has 1 aliphatic heterocycles. The number of carbonyl (C=O) groups is 1. The van der Waals surface area contributed by atoms with Crippen molar-refractivity contribution < 1.29 is 13.2 Å². The van der Waals surface area contributed by atoms with Gasteiger partial charge in [-0.2, -0.15) is 8.42 Å². The average molecular weight is 406 g/mol. The SMILES string of the molecule is CN1CCCCCC1=NS(=O)(=O)c1cccc(NC(=O)Cc2cccs2)c1. The molecule has 0 unspecified atom stereocenters. The molecule has 27 heavy (non-hydrogen) atoms. The second-order valence-electron chi connectivity index (χ2n) is 6.55. The highest BCUT2D eigenvalue weighted by atomic mass is 32.2. The Balaban J connectivity index is 1.76. The fraction of sp³-hybridized carbons (Fsp3) is 0.368. The van der Waals surface area contributed by atoms with Crippen LogP contribution in [-0.2, 0) is 21.2 Å². The van der Waals surface area contributed by atoms with E-state index < -0.39 is 10.0 Å². The molecule has 1 saturated heterocycles. The number of nitrogens with zero attached hydrogens (tertiary/aromatic N) is 2. The van der Waals surface area contributed by atoms with Gasteiger partial charge in [-0.25, -0.2) is 0 Å². The Kier molecular flexibility index (Phi) is 6.28. The topological polar surface area (TPSA) is 78.8 Å². The lowest BCUT2D eigenvalue weighted by molar-refractivity contribution is -0.115. The van der Waals surface area contributed by atoms with E-state index in [1.165, 1.54) is 23.5 Å². The zero-order chi connectivity index (χ0) is 19.3. The normalized spacial score (nSPS) is 16.9. The monoisotopic (exact) mass is 405 g/mol. The zero-order valence-corrected chi connectivity index (χ0v) is 16.9. The Morgan fingerprint density at radius 1 is 1.22 bits per heavy atom. The van der Waals surface area contributed by atoms with Gasteiger partial charge in [-0.1, -0.05) is 18.6 Å². The lowest BCUT2D eigenvalue weighted by Gasteiger charge is -2.17. The van der Waals surface area contributed by atoms with Crippen LogP contribution in [-0.4, -0.2) is 38.7 Å². The van der Waals surface area contributed by atoms with Crippen molar-refractivity contribution in [3.8, 4) is 0 Å². The lowest BCUT2D eigenvalue weighted by Crippen LogP contribution is -2.26. The van der Waals surface area contributed by atoms with Crippen molar-refractivity contribution in [1.82, 2.24) is 4.90 Å². The second kappa shape index (κ2) is 8.67. The Morgan fingerprint density at radius 3 is 2.85 bits per heavy atom. The molecule has 1 aromatic carbocycles. The van der Waals surface area contributed by atoms with Gasteiger partial charge in [0.25, 0.3) is 10.0 Å². The van der Waals surface area contributed by atoms with Crippen molar-refractivity contribution in [2.75, 3.05) is 18.9 Å². The number of rotatable bonds is 5. The highest BCUT2D eigenvalue weighted by molar-refractivity contribution is 7.90. The second-order valence-corrected chi connectivity index (χ2v) is 9.18. The summed E-state index contributed by atoms with van der Waals surface area (Å²) in [5.41, 5.74) is 0.451. The first-order chi connectivity index (χ1) is 12.9. The van der Waals surface area contributed by atoms with Crippen LogP contribution in [0.15, 0.2) is 51.1 Å². The molecule has 2 heterocycles. The first-order valence-electron chi connectivity index (χ1n) is 8.91. The third kappa shape index (κ3) is 5.40. The largest absolute Gasteiger partial charge is 0.362 e. The molecule has 0 saturated carbocycles. The Hall–Kier alpha value is -2.19. The number of hydrogen-bond acceptors (Lipinski definition) is 4. The van der Waals surface area contributed by atoms with E-state index in [0.29, 0.717) is 17.9 Å². The summed E-state index contributed by atoms with van der Waals surface area (Å²) in [4.78, 5) is 15.1. The fourth-order valence-electron chi connectivity index (χ4n) is 2.95. The molecule has 0 aliphatic carbocycles. The van der Waals surface area contributed by atoms with Crippen LogP contribution in [0.3, 0.4) is 0 Å². The molecule has 0 atom stereocenters. The molecule has 0 radical (unpaired) electrons. The van der Waals surface area contributed by atoms with Gasteiger partial charge in [0.05, 0.1) is 11.3 Å². The van der Waals surface area contributed by atoms with Crippen LogP contribution >= 0.6 is 11.3 Å². The van der Waals surface area contributed by atoms with Crippen LogP contribution in [0.4, 0.5) is 5.69 Å². The fourth-order valence-corrected chi connectivity index (χ4v) is 4.79. The third-order valence-electron chi connectivity index (χ3n) is 4.39. The van der Waals surface area contributed by atoms with Crippen LogP contribution in [0.2, 0.25) is 0 Å². The minimum atomic E-state index is -3.82. The van der Waals surface area contributed by atoms with Crippen LogP contribution in [0.25, 0.3) is 0 Å². The predicted molar refractivity (Wildman–Crippen MR) is 109 cm³/mol. The van der Waals surface area contributed by atoms with Crippen LogP contribution in [0.5, 0.6) is 0 Å². The molecule has 1 N–H and O–H groups in total. The van der Waals surface area contributed by atoms with E-state index in [0.717, 1.165) is 30.7 Å². The van der Waals surface area contributed by atoms with E-state index in [9.17, 15) is 13.2 Å². The van der Waals surface area contributed by atoms with Gasteiger partial charge in [-0.3, -0.25) is 4.79 Å². The number of thiophene rings is 1. The standard InChI is InChI=1S/C19H23N3O3S2/c1-22-11-4-2-3-10-18(22)21-27(24,25)17-9-5-7-15(13-17)20-19(23)14-16-8-6-12-26-16/h5-9,12-13H,2-4,10-11,14H2,1H3,(H,20,23). The van der Waals surface area contributed by atoms with Gasteiger partial charge >= 0.3 is 0 Å². The smallest absolute Gasteiger partial charge is 0.284 e. The lowest BCUT2D eigenvalue weighted by atomic mass is 10.2. The Labute approximate surface area is 164 Å². The maximum absolute atomic E-state index is 12.7. The first-order valence-corrected chi connectivity index (χ1v) is 11.2. The summed E-state index contributed by atoms with van der Waals surface area (Å²) in [5.74, 6) is 0.418. The minimum Gasteiger partial charge on any atom is -0.362 e. The highest BCUT2D eigenvalue weighted by Gasteiger charge is 2.19. The summed E-state index contributed by atoms with van der Waals surface area (Å²) in [6.07, 6.45) is 3.99. The van der Waals surface area contributed by atoms with E-state index in [2.05, 4.69) is 9.71 Å². The summed E-state index contributed by atoms with van der Waals surface area (Å²) < 4.78 is 29.5. The van der Waals surface area contributed by atoms with E-state index >= 15 is 0 Å². The van der Waals surface area contributed by atoms with Gasteiger partial charge < -0.3 is 10.2 Å². The number of amides is 1. The summed E-state index contributed by atoms with van der Waals surface area (Å²) >= 11 is 1.51. The van der Waals surface area contributed by atoms with Gasteiger partial charge in [-0.05, 0) is 42.5 Å². The number of nitrogens with one attached hydrogen (secondary N) is 1. The van der Waals surface area contributed by atoms with Gasteiger partial charge in [-0.15, -0.1) is 15.7 Å². The van der Waals surface area contributed by atoms with Crippen molar-refractivity contribution in [2.24, 2.45) is 4.40 Å². The maximum Gasteiger partial charge on any atom is 0.284 e. The molecule has 1 fully saturated rings. The number of amidine groups is 1. The molecule has 6 nitrogen and oxygen atoms in total.